The topological polar surface area (TPSA) is 46.5 Å². The third kappa shape index (κ3) is 7.39. The summed E-state index contributed by atoms with van der Waals surface area (Å²) >= 11 is 0. The fourth-order valence-electron chi connectivity index (χ4n) is 2.19. The van der Waals surface area contributed by atoms with Gasteiger partial charge in [-0.25, -0.2) is 4.79 Å². The Balaban J connectivity index is 2.51. The van der Waals surface area contributed by atoms with Crippen LogP contribution in [0.1, 0.15) is 62.2 Å². The minimum absolute atomic E-state index is 0.0139. The summed E-state index contributed by atoms with van der Waals surface area (Å²) in [5.41, 5.74) is -0.0139. The van der Waals surface area contributed by atoms with Crippen molar-refractivity contribution in [3.63, 3.8) is 0 Å². The largest absolute Gasteiger partial charge is 0.508 e. The molecule has 130 valence electrons. The quantitative estimate of drug-likeness (QED) is 0.497. The number of aromatic hydroxyl groups is 1. The zero-order valence-electron chi connectivity index (χ0n) is 13.2. The van der Waals surface area contributed by atoms with E-state index in [4.69, 9.17) is 5.11 Å². The number of unbranched alkanes of at least 4 members (excludes halogenated alkanes) is 5. The van der Waals surface area contributed by atoms with Crippen LogP contribution in [0, 0.1) is 0 Å². The van der Waals surface area contributed by atoms with Gasteiger partial charge in [-0.1, -0.05) is 39.0 Å². The van der Waals surface area contributed by atoms with Gasteiger partial charge in [-0.15, -0.1) is 0 Å². The lowest BCUT2D eigenvalue weighted by Crippen LogP contribution is -2.33. The highest BCUT2D eigenvalue weighted by atomic mass is 19.4. The molecule has 23 heavy (non-hydrogen) atoms. The molecule has 6 heteroatoms. The van der Waals surface area contributed by atoms with Crippen LogP contribution >= 0.6 is 0 Å². The Morgan fingerprint density at radius 3 is 2.22 bits per heavy atom. The minimum Gasteiger partial charge on any atom is -0.508 e. The van der Waals surface area contributed by atoms with Crippen LogP contribution in [0.5, 0.6) is 5.75 Å². The van der Waals surface area contributed by atoms with Gasteiger partial charge < -0.3 is 9.84 Å². The molecule has 3 nitrogen and oxygen atoms in total. The van der Waals surface area contributed by atoms with Crippen molar-refractivity contribution < 1.29 is 27.8 Å². The maximum absolute atomic E-state index is 13.0. The van der Waals surface area contributed by atoms with Crippen molar-refractivity contribution in [2.45, 2.75) is 64.1 Å². The van der Waals surface area contributed by atoms with Crippen molar-refractivity contribution in [2.24, 2.45) is 0 Å². The summed E-state index contributed by atoms with van der Waals surface area (Å²) < 4.78 is 43.5. The summed E-state index contributed by atoms with van der Waals surface area (Å²) in [4.78, 5) is 11.8. The van der Waals surface area contributed by atoms with E-state index in [1.807, 2.05) is 0 Å². The maximum atomic E-state index is 13.0. The predicted molar refractivity (Wildman–Crippen MR) is 81.4 cm³/mol. The molecule has 0 amide bonds. The molecule has 0 spiro atoms. The van der Waals surface area contributed by atoms with Gasteiger partial charge in [0.05, 0.1) is 5.56 Å². The number of carbonyl (C=O) groups excluding carboxylic acids is 1. The number of rotatable bonds is 9. The minimum atomic E-state index is -4.57. The van der Waals surface area contributed by atoms with E-state index < -0.39 is 18.2 Å². The number of benzene rings is 1. The van der Waals surface area contributed by atoms with Gasteiger partial charge in [-0.3, -0.25) is 0 Å². The second kappa shape index (κ2) is 9.43. The molecular weight excluding hydrogens is 309 g/mol. The van der Waals surface area contributed by atoms with E-state index in [1.165, 1.54) is 24.3 Å². The Hall–Kier alpha value is -1.72. The van der Waals surface area contributed by atoms with Gasteiger partial charge in [0.25, 0.3) is 0 Å². The van der Waals surface area contributed by atoms with Crippen LogP contribution in [-0.2, 0) is 4.74 Å². The van der Waals surface area contributed by atoms with Gasteiger partial charge in [0.1, 0.15) is 5.75 Å². The molecule has 1 aromatic carbocycles. The number of phenols is 1. The second-order valence-corrected chi connectivity index (χ2v) is 5.54. The normalized spacial score (nSPS) is 12.9. The first-order valence-electron chi connectivity index (χ1n) is 7.91. The number of ether oxygens (including phenoxy) is 1. The summed E-state index contributed by atoms with van der Waals surface area (Å²) in [6, 6.07) is 4.92. The molecule has 0 aliphatic carbocycles. The molecular formula is C17H23F3O3. The third-order valence-corrected chi connectivity index (χ3v) is 3.54. The molecule has 1 atom stereocenters. The SMILES string of the molecule is CCCCCCCCC(OC(=O)c1ccc(O)cc1)C(F)(F)F. The van der Waals surface area contributed by atoms with Gasteiger partial charge in [0, 0.05) is 0 Å². The van der Waals surface area contributed by atoms with Gasteiger partial charge in [0.2, 0.25) is 0 Å². The van der Waals surface area contributed by atoms with Crippen LogP contribution in [-0.4, -0.2) is 23.4 Å². The molecule has 0 saturated heterocycles. The molecule has 0 aromatic heterocycles. The summed E-state index contributed by atoms with van der Waals surface area (Å²) in [6.07, 6.45) is -1.75. The number of alkyl halides is 3. The molecule has 0 saturated carbocycles. The van der Waals surface area contributed by atoms with E-state index in [1.54, 1.807) is 0 Å². The Kier molecular flexibility index (Phi) is 7.92. The number of hydrogen-bond acceptors (Lipinski definition) is 3. The third-order valence-electron chi connectivity index (χ3n) is 3.54. The Morgan fingerprint density at radius 1 is 1.09 bits per heavy atom. The molecule has 0 bridgehead atoms. The maximum Gasteiger partial charge on any atom is 0.425 e. The highest BCUT2D eigenvalue weighted by Crippen LogP contribution is 2.28. The van der Waals surface area contributed by atoms with Crippen molar-refractivity contribution >= 4 is 5.97 Å². The number of carbonyl (C=O) groups is 1. The first-order valence-corrected chi connectivity index (χ1v) is 7.91. The van der Waals surface area contributed by atoms with Crippen LogP contribution in [0.15, 0.2) is 24.3 Å². The van der Waals surface area contributed by atoms with Crippen molar-refractivity contribution in [1.82, 2.24) is 0 Å². The molecule has 1 unspecified atom stereocenters. The average Bonchev–Trinajstić information content (AvgIpc) is 2.49. The van der Waals surface area contributed by atoms with Crippen LogP contribution in [0.4, 0.5) is 13.2 Å². The van der Waals surface area contributed by atoms with Crippen LogP contribution in [0.2, 0.25) is 0 Å². The molecule has 0 fully saturated rings. The summed E-state index contributed by atoms with van der Waals surface area (Å²) in [6.45, 7) is 2.07. The highest BCUT2D eigenvalue weighted by molar-refractivity contribution is 5.89. The Morgan fingerprint density at radius 2 is 1.65 bits per heavy atom. The van der Waals surface area contributed by atoms with E-state index >= 15 is 0 Å². The molecule has 0 heterocycles. The molecule has 0 radical (unpaired) electrons. The van der Waals surface area contributed by atoms with Crippen molar-refractivity contribution in [3.05, 3.63) is 29.8 Å². The fourth-order valence-corrected chi connectivity index (χ4v) is 2.19. The fraction of sp³-hybridized carbons (Fsp3) is 0.588. The first-order chi connectivity index (χ1) is 10.8. The van der Waals surface area contributed by atoms with Gasteiger partial charge in [0.15, 0.2) is 6.10 Å². The lowest BCUT2D eigenvalue weighted by Gasteiger charge is -2.20. The Bertz CT molecular complexity index is 469. The van der Waals surface area contributed by atoms with E-state index in [-0.39, 0.29) is 17.7 Å². The van der Waals surface area contributed by atoms with Crippen molar-refractivity contribution in [3.8, 4) is 5.75 Å². The predicted octanol–water partition coefficient (Wildman–Crippen LogP) is 5.23. The Labute approximate surface area is 134 Å². The van der Waals surface area contributed by atoms with Gasteiger partial charge >= 0.3 is 12.1 Å². The molecule has 0 aliphatic rings. The lowest BCUT2D eigenvalue weighted by atomic mass is 10.1. The van der Waals surface area contributed by atoms with Crippen molar-refractivity contribution in [1.29, 1.82) is 0 Å². The molecule has 0 aliphatic heterocycles. The molecule has 1 N–H and O–H groups in total. The van der Waals surface area contributed by atoms with Crippen molar-refractivity contribution in [2.75, 3.05) is 0 Å². The van der Waals surface area contributed by atoms with Gasteiger partial charge in [-0.05, 0) is 37.1 Å². The van der Waals surface area contributed by atoms with E-state index in [0.717, 1.165) is 25.7 Å². The summed E-state index contributed by atoms with van der Waals surface area (Å²) in [5.74, 6) is -1.10. The van der Waals surface area contributed by atoms with Crippen LogP contribution < -0.4 is 0 Å². The molecule has 1 rings (SSSR count). The number of phenolic OH excluding ortho intramolecular Hbond substituents is 1. The van der Waals surface area contributed by atoms with Gasteiger partial charge in [-0.2, -0.15) is 13.2 Å². The smallest absolute Gasteiger partial charge is 0.425 e. The number of hydrogen-bond donors (Lipinski definition) is 1. The summed E-state index contributed by atoms with van der Waals surface area (Å²) in [7, 11) is 0. The zero-order valence-corrected chi connectivity index (χ0v) is 13.2. The first kappa shape index (κ1) is 19.3. The molecule has 1 aromatic rings. The highest BCUT2D eigenvalue weighted by Gasteiger charge is 2.42. The summed E-state index contributed by atoms with van der Waals surface area (Å²) in [5, 5.41) is 9.12. The standard InChI is InChI=1S/C17H23F3O3/c1-2-3-4-5-6-7-8-15(17(18,19)20)23-16(22)13-9-11-14(21)12-10-13/h9-12,15,21H,2-8H2,1H3. The van der Waals surface area contributed by atoms with Crippen LogP contribution in [0.25, 0.3) is 0 Å². The second-order valence-electron chi connectivity index (χ2n) is 5.54. The average molecular weight is 332 g/mol. The lowest BCUT2D eigenvalue weighted by molar-refractivity contribution is -0.206. The van der Waals surface area contributed by atoms with Crippen LogP contribution in [0.3, 0.4) is 0 Å². The monoisotopic (exact) mass is 332 g/mol. The zero-order chi connectivity index (χ0) is 17.3. The van der Waals surface area contributed by atoms with E-state index in [9.17, 15) is 18.0 Å². The van der Waals surface area contributed by atoms with E-state index in [0.29, 0.717) is 12.8 Å². The van der Waals surface area contributed by atoms with E-state index in [2.05, 4.69) is 11.7 Å². The number of esters is 1. The number of halogens is 3.